The highest BCUT2D eigenvalue weighted by Gasteiger charge is 2.31. The molecule has 0 radical (unpaired) electrons. The molecule has 0 aliphatic carbocycles. The van der Waals surface area contributed by atoms with Gasteiger partial charge >= 0.3 is 0 Å². The molecule has 8 nitrogen and oxygen atoms in total. The molecule has 30 heavy (non-hydrogen) atoms. The van der Waals surface area contributed by atoms with Crippen molar-refractivity contribution >= 4 is 17.8 Å². The minimum Gasteiger partial charge on any atom is -0.497 e. The number of hydrogen-bond donors (Lipinski definition) is 1. The van der Waals surface area contributed by atoms with Crippen LogP contribution in [0.4, 0.5) is 5.95 Å². The highest BCUT2D eigenvalue weighted by Crippen LogP contribution is 2.36. The van der Waals surface area contributed by atoms with E-state index in [0.717, 1.165) is 41.8 Å². The normalized spacial score (nSPS) is 16.1. The molecular weight excluding hydrogens is 382 g/mol. The molecule has 1 aromatic heterocycles. The van der Waals surface area contributed by atoms with Gasteiger partial charge in [0.1, 0.15) is 5.75 Å². The Morgan fingerprint density at radius 3 is 2.60 bits per heavy atom. The Balaban J connectivity index is 2.02. The Bertz CT molecular complexity index is 898. The van der Waals surface area contributed by atoms with Crippen molar-refractivity contribution in [3.8, 4) is 16.9 Å². The fourth-order valence-corrected chi connectivity index (χ4v) is 3.66. The van der Waals surface area contributed by atoms with Crippen LogP contribution < -0.4 is 15.0 Å². The number of ether oxygens (including phenoxy) is 1. The monoisotopic (exact) mass is 411 g/mol. The number of anilines is 1. The second kappa shape index (κ2) is 9.56. The zero-order valence-corrected chi connectivity index (χ0v) is 18.0. The quantitative estimate of drug-likeness (QED) is 0.785. The smallest absolute Gasteiger partial charge is 0.242 e. The molecule has 1 aliphatic heterocycles. The summed E-state index contributed by atoms with van der Waals surface area (Å²) in [4.78, 5) is 37.2. The lowest BCUT2D eigenvalue weighted by Crippen LogP contribution is -2.44. The summed E-state index contributed by atoms with van der Waals surface area (Å²) >= 11 is 0. The molecule has 2 heterocycles. The van der Waals surface area contributed by atoms with Crippen LogP contribution in [0.15, 0.2) is 30.5 Å². The lowest BCUT2D eigenvalue weighted by Gasteiger charge is -2.36. The van der Waals surface area contributed by atoms with Gasteiger partial charge in [-0.25, -0.2) is 9.97 Å². The van der Waals surface area contributed by atoms with Gasteiger partial charge in [0, 0.05) is 39.3 Å². The molecule has 0 spiro atoms. The molecule has 1 saturated heterocycles. The lowest BCUT2D eigenvalue weighted by atomic mass is 9.93. The minimum atomic E-state index is -0.215. The molecule has 1 unspecified atom stereocenters. The first-order valence-corrected chi connectivity index (χ1v) is 10.1. The van der Waals surface area contributed by atoms with Crippen molar-refractivity contribution in [3.05, 3.63) is 36.2 Å². The molecule has 1 atom stereocenters. The maximum atomic E-state index is 12.9. The number of methoxy groups -OCH3 is 1. The number of rotatable bonds is 6. The summed E-state index contributed by atoms with van der Waals surface area (Å²) in [6, 6.07) is 7.59. The average Bonchev–Trinajstić information content (AvgIpc) is 2.77. The largest absolute Gasteiger partial charge is 0.497 e. The van der Waals surface area contributed by atoms with Gasteiger partial charge in [-0.3, -0.25) is 9.59 Å². The number of nitrogens with zero attached hydrogens (tertiary/aromatic N) is 4. The van der Waals surface area contributed by atoms with Crippen LogP contribution >= 0.6 is 0 Å². The molecule has 1 aromatic carbocycles. The Kier molecular flexibility index (Phi) is 6.87. The first kappa shape index (κ1) is 21.5. The van der Waals surface area contributed by atoms with E-state index in [2.05, 4.69) is 10.3 Å². The molecular formula is C22H29N5O3. The van der Waals surface area contributed by atoms with Crippen LogP contribution in [0, 0.1) is 0 Å². The SMILES string of the molecule is COc1ccc(-c2cnc(N(C)C)nc2C2CCCCN2C(=O)CNC(C)=O)cc1. The number of hydrogen-bond acceptors (Lipinski definition) is 6. The van der Waals surface area contributed by atoms with E-state index in [1.165, 1.54) is 6.92 Å². The zero-order valence-electron chi connectivity index (χ0n) is 18.0. The van der Waals surface area contributed by atoms with Crippen molar-refractivity contribution < 1.29 is 14.3 Å². The molecule has 8 heteroatoms. The van der Waals surface area contributed by atoms with Gasteiger partial charge in [0.2, 0.25) is 17.8 Å². The van der Waals surface area contributed by atoms with E-state index in [1.54, 1.807) is 7.11 Å². The van der Waals surface area contributed by atoms with Crippen LogP contribution in [0.5, 0.6) is 5.75 Å². The number of piperidine rings is 1. The lowest BCUT2D eigenvalue weighted by molar-refractivity contribution is -0.135. The molecule has 2 aromatic rings. The van der Waals surface area contributed by atoms with Gasteiger partial charge in [-0.1, -0.05) is 12.1 Å². The van der Waals surface area contributed by atoms with Crippen molar-refractivity contribution in [3.63, 3.8) is 0 Å². The van der Waals surface area contributed by atoms with Crippen molar-refractivity contribution in [2.45, 2.75) is 32.2 Å². The Morgan fingerprint density at radius 2 is 1.97 bits per heavy atom. The van der Waals surface area contributed by atoms with E-state index in [0.29, 0.717) is 12.5 Å². The van der Waals surface area contributed by atoms with Crippen LogP contribution in [-0.4, -0.2) is 61.0 Å². The van der Waals surface area contributed by atoms with Crippen LogP contribution in [0.3, 0.4) is 0 Å². The molecule has 1 fully saturated rings. The van der Waals surface area contributed by atoms with Crippen molar-refractivity contribution in [2.75, 3.05) is 39.2 Å². The number of likely N-dealkylation sites (tertiary alicyclic amines) is 1. The van der Waals surface area contributed by atoms with Crippen LogP contribution in [0.2, 0.25) is 0 Å². The maximum Gasteiger partial charge on any atom is 0.242 e. The topological polar surface area (TPSA) is 87.7 Å². The number of benzene rings is 1. The van der Waals surface area contributed by atoms with E-state index >= 15 is 0 Å². The molecule has 0 saturated carbocycles. The van der Waals surface area contributed by atoms with Gasteiger partial charge in [-0.2, -0.15) is 0 Å². The minimum absolute atomic E-state index is 0.00464. The fraction of sp³-hybridized carbons (Fsp3) is 0.455. The fourth-order valence-electron chi connectivity index (χ4n) is 3.66. The Hall–Kier alpha value is -3.16. The third kappa shape index (κ3) is 4.87. The molecule has 0 bridgehead atoms. The number of amides is 2. The first-order valence-electron chi connectivity index (χ1n) is 10.1. The van der Waals surface area contributed by atoms with Crippen LogP contribution in [0.25, 0.3) is 11.1 Å². The van der Waals surface area contributed by atoms with Crippen molar-refractivity contribution in [2.24, 2.45) is 0 Å². The predicted octanol–water partition coefficient (Wildman–Crippen LogP) is 2.41. The zero-order chi connectivity index (χ0) is 21.7. The number of carbonyl (C=O) groups excluding carboxylic acids is 2. The van der Waals surface area contributed by atoms with Crippen LogP contribution in [-0.2, 0) is 9.59 Å². The number of carbonyl (C=O) groups is 2. The number of aromatic nitrogens is 2. The highest BCUT2D eigenvalue weighted by molar-refractivity contribution is 5.84. The standard InChI is InChI=1S/C22H29N5O3/c1-15(28)23-14-20(29)27-12-6-5-7-19(27)21-18(13-24-22(25-21)26(2)3)16-8-10-17(30-4)11-9-16/h8-11,13,19H,5-7,12,14H2,1-4H3,(H,23,28). The predicted molar refractivity (Wildman–Crippen MR) is 115 cm³/mol. The second-order valence-electron chi connectivity index (χ2n) is 7.60. The Morgan fingerprint density at radius 1 is 1.23 bits per heavy atom. The maximum absolute atomic E-state index is 12.9. The van der Waals surface area contributed by atoms with E-state index in [9.17, 15) is 9.59 Å². The van der Waals surface area contributed by atoms with Gasteiger partial charge in [-0.05, 0) is 37.0 Å². The van der Waals surface area contributed by atoms with E-state index < -0.39 is 0 Å². The highest BCUT2D eigenvalue weighted by atomic mass is 16.5. The van der Waals surface area contributed by atoms with E-state index in [1.807, 2.05) is 54.4 Å². The van der Waals surface area contributed by atoms with Gasteiger partial charge < -0.3 is 19.9 Å². The van der Waals surface area contributed by atoms with Crippen LogP contribution in [0.1, 0.15) is 37.9 Å². The second-order valence-corrected chi connectivity index (χ2v) is 7.60. The third-order valence-electron chi connectivity index (χ3n) is 5.23. The molecule has 160 valence electrons. The summed E-state index contributed by atoms with van der Waals surface area (Å²) in [6.07, 6.45) is 4.59. The Labute approximate surface area is 177 Å². The summed E-state index contributed by atoms with van der Waals surface area (Å²) in [6.45, 7) is 2.05. The van der Waals surface area contributed by atoms with E-state index in [-0.39, 0.29) is 24.4 Å². The third-order valence-corrected chi connectivity index (χ3v) is 5.23. The number of nitrogens with one attached hydrogen (secondary N) is 1. The summed E-state index contributed by atoms with van der Waals surface area (Å²) in [5.74, 6) is 1.06. The molecule has 3 rings (SSSR count). The van der Waals surface area contributed by atoms with Gasteiger partial charge in [0.15, 0.2) is 0 Å². The summed E-state index contributed by atoms with van der Waals surface area (Å²) in [7, 11) is 5.43. The molecule has 2 amide bonds. The summed E-state index contributed by atoms with van der Waals surface area (Å²) < 4.78 is 5.27. The average molecular weight is 412 g/mol. The van der Waals surface area contributed by atoms with Gasteiger partial charge in [-0.15, -0.1) is 0 Å². The summed E-state index contributed by atoms with van der Waals surface area (Å²) in [5, 5.41) is 2.62. The van der Waals surface area contributed by atoms with Gasteiger partial charge in [0.25, 0.3) is 0 Å². The molecule has 1 aliphatic rings. The van der Waals surface area contributed by atoms with Crippen molar-refractivity contribution in [1.29, 1.82) is 0 Å². The summed E-state index contributed by atoms with van der Waals surface area (Å²) in [5.41, 5.74) is 2.69. The first-order chi connectivity index (χ1) is 14.4. The van der Waals surface area contributed by atoms with E-state index in [4.69, 9.17) is 9.72 Å². The van der Waals surface area contributed by atoms with Crippen molar-refractivity contribution in [1.82, 2.24) is 20.2 Å². The molecule has 1 N–H and O–H groups in total. The van der Waals surface area contributed by atoms with Gasteiger partial charge in [0.05, 0.1) is 25.4 Å².